The largest absolute Gasteiger partial charge is 0.497 e. The molecule has 0 unspecified atom stereocenters. The monoisotopic (exact) mass is 555 g/mol. The maximum absolute atomic E-state index is 13.9. The minimum atomic E-state index is -3.65. The van der Waals surface area contributed by atoms with Crippen molar-refractivity contribution in [3.63, 3.8) is 0 Å². The summed E-state index contributed by atoms with van der Waals surface area (Å²) >= 11 is 6.62. The predicted octanol–water partition coefficient (Wildman–Crippen LogP) is 4.30. The van der Waals surface area contributed by atoms with E-state index in [0.29, 0.717) is 51.7 Å². The molecule has 4 aromatic rings. The first kappa shape index (κ1) is 27.0. The quantitative estimate of drug-likeness (QED) is 0.297. The first-order valence-electron chi connectivity index (χ1n) is 11.4. The second-order valence-corrected chi connectivity index (χ2v) is 10.2. The van der Waals surface area contributed by atoms with Gasteiger partial charge in [0.15, 0.2) is 0 Å². The Bertz CT molecular complexity index is 1690. The summed E-state index contributed by atoms with van der Waals surface area (Å²) in [6.45, 7) is 3.56. The molecule has 0 aliphatic carbocycles. The van der Waals surface area contributed by atoms with E-state index < -0.39 is 10.0 Å². The second-order valence-electron chi connectivity index (χ2n) is 8.19. The Morgan fingerprint density at radius 1 is 1.13 bits per heavy atom. The van der Waals surface area contributed by atoms with Crippen LogP contribution in [-0.2, 0) is 23.0 Å². The third-order valence-electron chi connectivity index (χ3n) is 5.84. The zero-order valence-electron chi connectivity index (χ0n) is 21.0. The number of pyridine rings is 1. The molecule has 0 spiro atoms. The van der Waals surface area contributed by atoms with Crippen LogP contribution in [0.4, 0.5) is 11.6 Å². The van der Waals surface area contributed by atoms with Crippen LogP contribution in [0.25, 0.3) is 22.2 Å². The van der Waals surface area contributed by atoms with E-state index >= 15 is 0 Å². The molecule has 0 saturated heterocycles. The van der Waals surface area contributed by atoms with E-state index in [1.54, 1.807) is 54.2 Å². The third kappa shape index (κ3) is 5.58. The molecule has 2 aromatic heterocycles. The molecule has 4 rings (SSSR count). The summed E-state index contributed by atoms with van der Waals surface area (Å²) in [5, 5.41) is 4.64. The van der Waals surface area contributed by atoms with Crippen LogP contribution >= 0.6 is 11.6 Å². The number of fused-ring (bicyclic) bond motifs is 1. The standard InChI is InChI=1S/C26H26ClN5O5S/c1-5-38(34,35)31-18-8-6-7-16(11-18)9-10-32-24-17(15-29-26(28-2)30-24)12-21(25(32)33)20-13-19(36-3)14-22(37-4)23(20)27/h5-8,11-15,31H,1,9-10H2,2-4H3,(H,28,29,30). The van der Waals surface area contributed by atoms with Crippen LogP contribution in [-0.4, -0.2) is 44.2 Å². The van der Waals surface area contributed by atoms with Crippen molar-refractivity contribution in [2.75, 3.05) is 31.3 Å². The lowest BCUT2D eigenvalue weighted by Gasteiger charge is -2.16. The molecule has 0 atom stereocenters. The van der Waals surface area contributed by atoms with Crippen molar-refractivity contribution in [3.8, 4) is 22.6 Å². The highest BCUT2D eigenvalue weighted by Gasteiger charge is 2.19. The van der Waals surface area contributed by atoms with Gasteiger partial charge < -0.3 is 14.8 Å². The van der Waals surface area contributed by atoms with Crippen LogP contribution in [0.3, 0.4) is 0 Å². The average Bonchev–Trinajstić information content (AvgIpc) is 2.92. The number of sulfonamides is 1. The number of hydrogen-bond acceptors (Lipinski definition) is 8. The number of halogens is 1. The topological polar surface area (TPSA) is 124 Å². The maximum Gasteiger partial charge on any atom is 0.260 e. The van der Waals surface area contributed by atoms with E-state index in [-0.39, 0.29) is 17.1 Å². The smallest absolute Gasteiger partial charge is 0.260 e. The fourth-order valence-corrected chi connectivity index (χ4v) is 4.78. The Hall–Kier alpha value is -4.09. The summed E-state index contributed by atoms with van der Waals surface area (Å²) in [6, 6.07) is 11.9. The summed E-state index contributed by atoms with van der Waals surface area (Å²) in [5.41, 5.74) is 2.09. The molecule has 2 heterocycles. The van der Waals surface area contributed by atoms with Crippen molar-refractivity contribution in [2.24, 2.45) is 0 Å². The summed E-state index contributed by atoms with van der Waals surface area (Å²) in [4.78, 5) is 22.7. The number of nitrogens with zero attached hydrogens (tertiary/aromatic N) is 3. The van der Waals surface area contributed by atoms with E-state index in [0.717, 1.165) is 11.0 Å². The van der Waals surface area contributed by atoms with Gasteiger partial charge in [0.2, 0.25) is 5.95 Å². The molecular weight excluding hydrogens is 530 g/mol. The Morgan fingerprint density at radius 3 is 2.61 bits per heavy atom. The number of benzene rings is 2. The molecular formula is C26H26ClN5O5S. The van der Waals surface area contributed by atoms with Gasteiger partial charge in [-0.15, -0.1) is 0 Å². The number of nitrogens with one attached hydrogen (secondary N) is 2. The molecule has 12 heteroatoms. The van der Waals surface area contributed by atoms with E-state index in [1.165, 1.54) is 14.2 Å². The number of hydrogen-bond donors (Lipinski definition) is 2. The molecule has 0 fully saturated rings. The van der Waals surface area contributed by atoms with Gasteiger partial charge >= 0.3 is 0 Å². The minimum absolute atomic E-state index is 0.250. The van der Waals surface area contributed by atoms with Crippen LogP contribution in [0.15, 0.2) is 65.4 Å². The van der Waals surface area contributed by atoms with Crippen LogP contribution in [0, 0.1) is 0 Å². The van der Waals surface area contributed by atoms with Crippen LogP contribution in [0.5, 0.6) is 11.5 Å². The lowest BCUT2D eigenvalue weighted by Crippen LogP contribution is -2.24. The molecule has 2 N–H and O–H groups in total. The van der Waals surface area contributed by atoms with Crippen molar-refractivity contribution in [2.45, 2.75) is 13.0 Å². The van der Waals surface area contributed by atoms with Gasteiger partial charge in [0.1, 0.15) is 17.1 Å². The van der Waals surface area contributed by atoms with Gasteiger partial charge in [0.05, 0.1) is 19.2 Å². The molecule has 10 nitrogen and oxygen atoms in total. The SMILES string of the molecule is C=CS(=O)(=O)Nc1cccc(CCn2c(=O)c(-c3cc(OC)cc(OC)c3Cl)cc3cnc(NC)nc32)c1. The normalized spacial score (nSPS) is 11.3. The molecule has 198 valence electrons. The summed E-state index contributed by atoms with van der Waals surface area (Å²) in [7, 11) is 1.04. The van der Waals surface area contributed by atoms with Crippen molar-refractivity contribution >= 4 is 44.3 Å². The molecule has 0 amide bonds. The Labute approximate surface area is 225 Å². The van der Waals surface area contributed by atoms with Gasteiger partial charge in [-0.2, -0.15) is 4.98 Å². The number of ether oxygens (including phenoxy) is 2. The molecule has 38 heavy (non-hydrogen) atoms. The van der Waals surface area contributed by atoms with Crippen LogP contribution in [0.2, 0.25) is 5.02 Å². The van der Waals surface area contributed by atoms with Gasteiger partial charge in [-0.1, -0.05) is 30.3 Å². The maximum atomic E-state index is 13.9. The third-order valence-corrected chi connectivity index (χ3v) is 7.19. The Balaban J connectivity index is 1.83. The van der Waals surface area contributed by atoms with E-state index in [9.17, 15) is 13.2 Å². The average molecular weight is 556 g/mol. The molecule has 0 saturated carbocycles. The molecule has 0 aliphatic heterocycles. The van der Waals surface area contributed by atoms with Gasteiger partial charge in [-0.05, 0) is 36.2 Å². The predicted molar refractivity (Wildman–Crippen MR) is 150 cm³/mol. The molecule has 0 aliphatic rings. The van der Waals surface area contributed by atoms with Gasteiger partial charge in [-0.25, -0.2) is 13.4 Å². The van der Waals surface area contributed by atoms with E-state index in [4.69, 9.17) is 21.1 Å². The van der Waals surface area contributed by atoms with Gasteiger partial charge in [0, 0.05) is 53.5 Å². The van der Waals surface area contributed by atoms with Crippen molar-refractivity contribution in [1.82, 2.24) is 14.5 Å². The highest BCUT2D eigenvalue weighted by atomic mass is 35.5. The summed E-state index contributed by atoms with van der Waals surface area (Å²) in [6.07, 6.45) is 2.04. The first-order valence-corrected chi connectivity index (χ1v) is 13.4. The zero-order valence-corrected chi connectivity index (χ0v) is 22.6. The highest BCUT2D eigenvalue weighted by molar-refractivity contribution is 7.95. The Morgan fingerprint density at radius 2 is 1.92 bits per heavy atom. The van der Waals surface area contributed by atoms with Crippen LogP contribution in [0.1, 0.15) is 5.56 Å². The fourth-order valence-electron chi connectivity index (χ4n) is 3.95. The number of anilines is 2. The lowest BCUT2D eigenvalue weighted by molar-refractivity contribution is 0.395. The van der Waals surface area contributed by atoms with E-state index in [1.807, 2.05) is 6.07 Å². The van der Waals surface area contributed by atoms with Crippen molar-refractivity contribution in [3.05, 3.63) is 81.6 Å². The Kier molecular flexibility index (Phi) is 7.88. The molecule has 0 bridgehead atoms. The lowest BCUT2D eigenvalue weighted by atomic mass is 10.0. The second kappa shape index (κ2) is 11.1. The summed E-state index contributed by atoms with van der Waals surface area (Å²) < 4.78 is 38.5. The minimum Gasteiger partial charge on any atom is -0.497 e. The van der Waals surface area contributed by atoms with Crippen molar-refractivity contribution in [1.29, 1.82) is 0 Å². The summed E-state index contributed by atoms with van der Waals surface area (Å²) in [5.74, 6) is 1.21. The zero-order chi connectivity index (χ0) is 27.4. The molecule has 2 aromatic carbocycles. The highest BCUT2D eigenvalue weighted by Crippen LogP contribution is 2.38. The van der Waals surface area contributed by atoms with Crippen molar-refractivity contribution < 1.29 is 17.9 Å². The number of methoxy groups -OCH3 is 2. The van der Waals surface area contributed by atoms with Gasteiger partial charge in [-0.3, -0.25) is 14.1 Å². The van der Waals surface area contributed by atoms with E-state index in [2.05, 4.69) is 26.6 Å². The molecule has 0 radical (unpaired) electrons. The number of aryl methyl sites for hydroxylation is 2. The van der Waals surface area contributed by atoms with Crippen LogP contribution < -0.4 is 25.1 Å². The van der Waals surface area contributed by atoms with Gasteiger partial charge in [0.25, 0.3) is 15.6 Å². The number of aromatic nitrogens is 3. The fraction of sp³-hybridized carbons (Fsp3) is 0.192. The first-order chi connectivity index (χ1) is 18.2. The number of rotatable bonds is 10.